The predicted octanol–water partition coefficient (Wildman–Crippen LogP) is 4.73. The van der Waals surface area contributed by atoms with Gasteiger partial charge in [0.05, 0.1) is 6.04 Å². The van der Waals surface area contributed by atoms with Crippen molar-refractivity contribution in [1.29, 1.82) is 0 Å². The number of likely N-dealkylation sites (tertiary alicyclic amines) is 1. The van der Waals surface area contributed by atoms with Gasteiger partial charge in [0, 0.05) is 6.04 Å². The third-order valence-corrected chi connectivity index (χ3v) is 3.98. The van der Waals surface area contributed by atoms with Crippen molar-refractivity contribution in [3.8, 4) is 0 Å². The van der Waals surface area contributed by atoms with Crippen molar-refractivity contribution in [2.75, 3.05) is 6.54 Å². The Bertz CT molecular complexity index is 421. The zero-order valence-corrected chi connectivity index (χ0v) is 12.0. The Morgan fingerprint density at radius 1 is 1.37 bits per heavy atom. The third kappa shape index (κ3) is 3.57. The number of piperidine rings is 1. The zero-order chi connectivity index (χ0) is 13.7. The molecule has 0 aromatic heterocycles. The van der Waals surface area contributed by atoms with E-state index >= 15 is 0 Å². The van der Waals surface area contributed by atoms with Crippen molar-refractivity contribution < 1.29 is 0 Å². The molecule has 19 heavy (non-hydrogen) atoms. The largest absolute Gasteiger partial charge is 0.290 e. The van der Waals surface area contributed by atoms with Crippen LogP contribution in [0.15, 0.2) is 55.1 Å². The second-order valence-electron chi connectivity index (χ2n) is 5.64. The molecule has 1 aromatic carbocycles. The maximum Gasteiger partial charge on any atom is 0.0531 e. The first-order chi connectivity index (χ1) is 9.22. The molecule has 1 fully saturated rings. The average Bonchev–Trinajstić information content (AvgIpc) is 2.42. The lowest BCUT2D eigenvalue weighted by Crippen LogP contribution is -2.41. The Labute approximate surface area is 117 Å². The van der Waals surface area contributed by atoms with E-state index in [1.54, 1.807) is 0 Å². The summed E-state index contributed by atoms with van der Waals surface area (Å²) >= 11 is 0. The summed E-state index contributed by atoms with van der Waals surface area (Å²) in [4.78, 5) is 2.61. The SMILES string of the molecule is C=CC(c1ccccc1)N1CCCC[C@H]1CC(=C)C. The molecule has 0 amide bonds. The Kier molecular flexibility index (Phi) is 4.98. The lowest BCUT2D eigenvalue weighted by atomic mass is 9.92. The summed E-state index contributed by atoms with van der Waals surface area (Å²) in [5.41, 5.74) is 2.64. The predicted molar refractivity (Wildman–Crippen MR) is 83.2 cm³/mol. The van der Waals surface area contributed by atoms with E-state index < -0.39 is 0 Å². The highest BCUT2D eigenvalue weighted by Crippen LogP contribution is 2.31. The molecule has 1 unspecified atom stereocenters. The van der Waals surface area contributed by atoms with Gasteiger partial charge >= 0.3 is 0 Å². The van der Waals surface area contributed by atoms with Crippen molar-refractivity contribution in [3.63, 3.8) is 0 Å². The minimum absolute atomic E-state index is 0.339. The molecule has 1 heterocycles. The quantitative estimate of drug-likeness (QED) is 0.687. The summed E-state index contributed by atoms with van der Waals surface area (Å²) in [6.45, 7) is 11.5. The molecule has 0 spiro atoms. The summed E-state index contributed by atoms with van der Waals surface area (Å²) in [7, 11) is 0. The standard InChI is InChI=1S/C18H25N/c1-4-18(16-10-6-5-7-11-16)19-13-9-8-12-17(19)14-15(2)3/h4-7,10-11,17-18H,1-2,8-9,12-14H2,3H3/t17-,18?/m0/s1. The summed E-state index contributed by atoms with van der Waals surface area (Å²) in [5.74, 6) is 0. The Balaban J connectivity index is 2.19. The fourth-order valence-electron chi connectivity index (χ4n) is 3.12. The molecule has 0 radical (unpaired) electrons. The molecule has 1 heteroatoms. The molecule has 1 aliphatic rings. The van der Waals surface area contributed by atoms with Crippen molar-refractivity contribution >= 4 is 0 Å². The molecule has 0 bridgehead atoms. The second-order valence-corrected chi connectivity index (χ2v) is 5.64. The highest BCUT2D eigenvalue weighted by Gasteiger charge is 2.27. The number of nitrogens with zero attached hydrogens (tertiary/aromatic N) is 1. The van der Waals surface area contributed by atoms with Gasteiger partial charge in [-0.2, -0.15) is 0 Å². The minimum Gasteiger partial charge on any atom is -0.290 e. The van der Waals surface area contributed by atoms with Crippen LogP contribution in [-0.2, 0) is 0 Å². The molecule has 1 aromatic rings. The number of hydrogen-bond acceptors (Lipinski definition) is 1. The highest BCUT2D eigenvalue weighted by molar-refractivity contribution is 5.23. The van der Waals surface area contributed by atoms with Crippen LogP contribution in [0.5, 0.6) is 0 Å². The van der Waals surface area contributed by atoms with E-state index in [1.807, 2.05) is 0 Å². The minimum atomic E-state index is 0.339. The van der Waals surface area contributed by atoms with E-state index in [9.17, 15) is 0 Å². The third-order valence-electron chi connectivity index (χ3n) is 3.98. The van der Waals surface area contributed by atoms with Crippen LogP contribution in [0.2, 0.25) is 0 Å². The first-order valence-electron chi connectivity index (χ1n) is 7.30. The zero-order valence-electron chi connectivity index (χ0n) is 12.0. The van der Waals surface area contributed by atoms with Crippen LogP contribution in [0.4, 0.5) is 0 Å². The summed E-state index contributed by atoms with van der Waals surface area (Å²) < 4.78 is 0. The van der Waals surface area contributed by atoms with Gasteiger partial charge in [0.1, 0.15) is 0 Å². The first-order valence-corrected chi connectivity index (χ1v) is 7.30. The van der Waals surface area contributed by atoms with Crippen LogP contribution in [0.1, 0.15) is 44.2 Å². The molecule has 1 aliphatic heterocycles. The van der Waals surface area contributed by atoms with Gasteiger partial charge in [0.15, 0.2) is 0 Å². The summed E-state index contributed by atoms with van der Waals surface area (Å²) in [6.07, 6.45) is 7.12. The molecule has 0 aliphatic carbocycles. The van der Waals surface area contributed by atoms with Crippen LogP contribution in [0, 0.1) is 0 Å². The smallest absolute Gasteiger partial charge is 0.0531 e. The van der Waals surface area contributed by atoms with Gasteiger partial charge < -0.3 is 0 Å². The van der Waals surface area contributed by atoms with E-state index in [0.29, 0.717) is 12.1 Å². The van der Waals surface area contributed by atoms with Crippen molar-refractivity contribution in [2.24, 2.45) is 0 Å². The molecule has 1 nitrogen and oxygen atoms in total. The van der Waals surface area contributed by atoms with Crippen molar-refractivity contribution in [3.05, 3.63) is 60.7 Å². The molecular formula is C18H25N. The fourth-order valence-corrected chi connectivity index (χ4v) is 3.12. The van der Waals surface area contributed by atoms with Gasteiger partial charge in [0.25, 0.3) is 0 Å². The highest BCUT2D eigenvalue weighted by atomic mass is 15.2. The maximum absolute atomic E-state index is 4.09. The summed E-state index contributed by atoms with van der Waals surface area (Å²) in [6, 6.07) is 11.7. The van der Waals surface area contributed by atoms with Crippen LogP contribution in [0.25, 0.3) is 0 Å². The molecule has 1 saturated heterocycles. The van der Waals surface area contributed by atoms with Crippen molar-refractivity contribution in [2.45, 2.75) is 44.7 Å². The van der Waals surface area contributed by atoms with Gasteiger partial charge in [-0.05, 0) is 38.3 Å². The number of benzene rings is 1. The van der Waals surface area contributed by atoms with Gasteiger partial charge in [0.2, 0.25) is 0 Å². The van der Waals surface area contributed by atoms with Crippen LogP contribution in [0.3, 0.4) is 0 Å². The Morgan fingerprint density at radius 3 is 2.74 bits per heavy atom. The van der Waals surface area contributed by atoms with E-state index in [4.69, 9.17) is 0 Å². The van der Waals surface area contributed by atoms with Gasteiger partial charge in [-0.1, -0.05) is 48.4 Å². The molecule has 2 atom stereocenters. The van der Waals surface area contributed by atoms with E-state index in [1.165, 1.54) is 36.9 Å². The van der Waals surface area contributed by atoms with Gasteiger partial charge in [-0.25, -0.2) is 0 Å². The van der Waals surface area contributed by atoms with Crippen LogP contribution >= 0.6 is 0 Å². The maximum atomic E-state index is 4.09. The Hall–Kier alpha value is -1.34. The molecule has 2 rings (SSSR count). The van der Waals surface area contributed by atoms with E-state index in [0.717, 1.165) is 6.42 Å². The number of hydrogen-bond donors (Lipinski definition) is 0. The van der Waals surface area contributed by atoms with Crippen LogP contribution < -0.4 is 0 Å². The summed E-state index contributed by atoms with van der Waals surface area (Å²) in [5, 5.41) is 0. The molecule has 0 N–H and O–H groups in total. The normalized spacial score (nSPS) is 21.8. The molecule has 102 valence electrons. The number of rotatable bonds is 5. The Morgan fingerprint density at radius 2 is 2.11 bits per heavy atom. The van der Waals surface area contributed by atoms with Gasteiger partial charge in [-0.15, -0.1) is 13.2 Å². The van der Waals surface area contributed by atoms with E-state index in [2.05, 4.69) is 61.4 Å². The van der Waals surface area contributed by atoms with Crippen LogP contribution in [-0.4, -0.2) is 17.5 Å². The molecular weight excluding hydrogens is 230 g/mol. The lowest BCUT2D eigenvalue weighted by molar-refractivity contribution is 0.116. The van der Waals surface area contributed by atoms with E-state index in [-0.39, 0.29) is 0 Å². The average molecular weight is 255 g/mol. The topological polar surface area (TPSA) is 3.24 Å². The van der Waals surface area contributed by atoms with Gasteiger partial charge in [-0.3, -0.25) is 4.90 Å². The fraction of sp³-hybridized carbons (Fsp3) is 0.444. The second kappa shape index (κ2) is 6.72. The first kappa shape index (κ1) is 14.1. The lowest BCUT2D eigenvalue weighted by Gasteiger charge is -2.40. The molecule has 0 saturated carbocycles. The monoisotopic (exact) mass is 255 g/mol. The van der Waals surface area contributed by atoms with Crippen molar-refractivity contribution in [1.82, 2.24) is 4.90 Å².